The van der Waals surface area contributed by atoms with Gasteiger partial charge in [-0.3, -0.25) is 0 Å². The second-order valence-electron chi connectivity index (χ2n) is 3.70. The first-order valence-corrected chi connectivity index (χ1v) is 5.34. The molecule has 0 saturated heterocycles. The third kappa shape index (κ3) is 3.77. The Morgan fingerprint density at radius 2 is 2.08 bits per heavy atom. The van der Waals surface area contributed by atoms with Gasteiger partial charge in [-0.25, -0.2) is 0 Å². The first kappa shape index (κ1) is 10.5. The zero-order valence-electron chi connectivity index (χ0n) is 8.50. The Kier molecular flexibility index (Phi) is 4.84. The molecule has 1 nitrogen and oxygen atoms in total. The van der Waals surface area contributed by atoms with Crippen LogP contribution in [0.3, 0.4) is 0 Å². The first-order valence-electron chi connectivity index (χ1n) is 5.34. The monoisotopic (exact) mass is 180 g/mol. The summed E-state index contributed by atoms with van der Waals surface area (Å²) in [5.41, 5.74) is 1.22. The minimum atomic E-state index is -0.330. The van der Waals surface area contributed by atoms with Crippen LogP contribution in [0.5, 0.6) is 0 Å². The molecule has 0 fully saturated rings. The molecule has 74 valence electrons. The molecule has 0 heterocycles. The van der Waals surface area contributed by atoms with Crippen LogP contribution in [0.1, 0.15) is 45.4 Å². The highest BCUT2D eigenvalue weighted by molar-refractivity contribution is 5.15. The van der Waals surface area contributed by atoms with Gasteiger partial charge in [-0.15, -0.1) is 0 Å². The maximum Gasteiger partial charge on any atom is 0.0931 e. The van der Waals surface area contributed by atoms with Gasteiger partial charge >= 0.3 is 0 Å². The summed E-state index contributed by atoms with van der Waals surface area (Å²) in [6.45, 7) is 1.95. The molecule has 1 heteroatoms. The van der Waals surface area contributed by atoms with Crippen LogP contribution in [-0.2, 0) is 0 Å². The van der Waals surface area contributed by atoms with Crippen molar-refractivity contribution in [3.8, 4) is 0 Å². The lowest BCUT2D eigenvalue weighted by Crippen LogP contribution is -2.07. The van der Waals surface area contributed by atoms with Gasteiger partial charge in [0.2, 0.25) is 0 Å². The van der Waals surface area contributed by atoms with Gasteiger partial charge in [0.15, 0.2) is 0 Å². The Morgan fingerprint density at radius 3 is 2.85 bits per heavy atom. The van der Waals surface area contributed by atoms with E-state index < -0.39 is 0 Å². The van der Waals surface area contributed by atoms with Crippen molar-refractivity contribution >= 4 is 0 Å². The predicted octanol–water partition coefficient (Wildman–Crippen LogP) is 3.20. The van der Waals surface area contributed by atoms with Crippen molar-refractivity contribution in [1.29, 1.82) is 0 Å². The van der Waals surface area contributed by atoms with Gasteiger partial charge in [-0.05, 0) is 38.2 Å². The van der Waals surface area contributed by atoms with Crippen LogP contribution in [0.2, 0.25) is 0 Å². The molecule has 0 aromatic heterocycles. The number of aliphatic hydroxyl groups excluding tert-OH is 1. The predicted molar refractivity (Wildman–Crippen MR) is 56.6 cm³/mol. The van der Waals surface area contributed by atoms with Crippen LogP contribution in [-0.4, -0.2) is 11.2 Å². The normalized spacial score (nSPS) is 26.2. The molecule has 0 radical (unpaired) electrons. The van der Waals surface area contributed by atoms with E-state index in [1.165, 1.54) is 31.3 Å². The van der Waals surface area contributed by atoms with Gasteiger partial charge in [0.1, 0.15) is 0 Å². The molecular weight excluding hydrogens is 160 g/mol. The van der Waals surface area contributed by atoms with E-state index in [4.69, 9.17) is 0 Å². The van der Waals surface area contributed by atoms with E-state index in [0.717, 1.165) is 12.8 Å². The molecule has 1 rings (SSSR count). The molecular formula is C12H20O. The van der Waals surface area contributed by atoms with E-state index in [2.05, 4.69) is 6.08 Å². The maximum absolute atomic E-state index is 9.74. The largest absolute Gasteiger partial charge is 0.385 e. The van der Waals surface area contributed by atoms with E-state index in [0.29, 0.717) is 0 Å². The molecule has 0 aromatic rings. The maximum atomic E-state index is 9.74. The third-order valence-corrected chi connectivity index (χ3v) is 2.58. The van der Waals surface area contributed by atoms with Crippen molar-refractivity contribution in [2.75, 3.05) is 0 Å². The quantitative estimate of drug-likeness (QED) is 0.647. The Balaban J connectivity index is 2.53. The lowest BCUT2D eigenvalue weighted by Gasteiger charge is -2.14. The van der Waals surface area contributed by atoms with Crippen LogP contribution in [0.15, 0.2) is 23.8 Å². The van der Waals surface area contributed by atoms with E-state index in [1.807, 2.05) is 19.1 Å². The second kappa shape index (κ2) is 5.98. The topological polar surface area (TPSA) is 20.2 Å². The molecule has 0 aliphatic heterocycles. The van der Waals surface area contributed by atoms with Crippen LogP contribution < -0.4 is 0 Å². The average Bonchev–Trinajstić information content (AvgIpc) is 2.03. The van der Waals surface area contributed by atoms with E-state index >= 15 is 0 Å². The van der Waals surface area contributed by atoms with Crippen LogP contribution >= 0.6 is 0 Å². The van der Waals surface area contributed by atoms with E-state index in [9.17, 15) is 5.11 Å². The minimum absolute atomic E-state index is 0.330. The Morgan fingerprint density at radius 1 is 1.31 bits per heavy atom. The van der Waals surface area contributed by atoms with Crippen molar-refractivity contribution in [2.24, 2.45) is 0 Å². The highest BCUT2D eigenvalue weighted by Gasteiger charge is 2.08. The van der Waals surface area contributed by atoms with Crippen molar-refractivity contribution < 1.29 is 5.11 Å². The summed E-state index contributed by atoms with van der Waals surface area (Å²) in [4.78, 5) is 0. The third-order valence-electron chi connectivity index (χ3n) is 2.58. The molecule has 1 unspecified atom stereocenters. The smallest absolute Gasteiger partial charge is 0.0931 e. The van der Waals surface area contributed by atoms with Crippen molar-refractivity contribution in [3.05, 3.63) is 23.8 Å². The van der Waals surface area contributed by atoms with Crippen LogP contribution in [0.25, 0.3) is 0 Å². The van der Waals surface area contributed by atoms with Gasteiger partial charge < -0.3 is 5.11 Å². The van der Waals surface area contributed by atoms with Gasteiger partial charge in [0.05, 0.1) is 6.10 Å². The molecule has 1 atom stereocenters. The number of hydrogen-bond donors (Lipinski definition) is 1. The second-order valence-corrected chi connectivity index (χ2v) is 3.70. The summed E-state index contributed by atoms with van der Waals surface area (Å²) >= 11 is 0. The molecule has 1 aliphatic rings. The Hall–Kier alpha value is -0.560. The summed E-state index contributed by atoms with van der Waals surface area (Å²) < 4.78 is 0. The summed E-state index contributed by atoms with van der Waals surface area (Å²) in [7, 11) is 0. The molecule has 0 saturated carbocycles. The molecule has 1 N–H and O–H groups in total. The lowest BCUT2D eigenvalue weighted by atomic mass is 9.96. The molecule has 0 bridgehead atoms. The average molecular weight is 180 g/mol. The number of rotatable bonds is 2. The van der Waals surface area contributed by atoms with Crippen LogP contribution in [0, 0.1) is 0 Å². The fourth-order valence-electron chi connectivity index (χ4n) is 1.79. The van der Waals surface area contributed by atoms with Crippen LogP contribution in [0.4, 0.5) is 0 Å². The lowest BCUT2D eigenvalue weighted by molar-refractivity contribution is 0.252. The standard InChI is InChI=1S/C12H20O/c1-2-8-12(13)11-9-6-4-3-5-7-10-11/h2,8-9,12-13H,3-7,10H2,1H3/b8-2+,11-9+. The minimum Gasteiger partial charge on any atom is -0.385 e. The summed E-state index contributed by atoms with van der Waals surface area (Å²) in [6, 6.07) is 0. The Bertz CT molecular complexity index is 191. The zero-order chi connectivity index (χ0) is 9.52. The molecule has 1 aliphatic carbocycles. The summed E-state index contributed by atoms with van der Waals surface area (Å²) in [5.74, 6) is 0. The number of aliphatic hydroxyl groups is 1. The zero-order valence-corrected chi connectivity index (χ0v) is 8.50. The molecule has 0 amide bonds. The summed E-state index contributed by atoms with van der Waals surface area (Å²) in [6.07, 6.45) is 13.1. The van der Waals surface area contributed by atoms with Gasteiger partial charge in [-0.1, -0.05) is 31.1 Å². The highest BCUT2D eigenvalue weighted by atomic mass is 16.3. The molecule has 0 aromatic carbocycles. The Labute approximate surface area is 81.2 Å². The number of hydrogen-bond acceptors (Lipinski definition) is 1. The SMILES string of the molecule is C/C=C/C(O)/C1=C/CCCCCC1. The molecule has 13 heavy (non-hydrogen) atoms. The van der Waals surface area contributed by atoms with Crippen molar-refractivity contribution in [3.63, 3.8) is 0 Å². The van der Waals surface area contributed by atoms with E-state index in [-0.39, 0.29) is 6.10 Å². The summed E-state index contributed by atoms with van der Waals surface area (Å²) in [5, 5.41) is 9.74. The van der Waals surface area contributed by atoms with Gasteiger partial charge in [0.25, 0.3) is 0 Å². The van der Waals surface area contributed by atoms with E-state index in [1.54, 1.807) is 0 Å². The fourth-order valence-corrected chi connectivity index (χ4v) is 1.79. The highest BCUT2D eigenvalue weighted by Crippen LogP contribution is 2.19. The molecule has 0 spiro atoms. The van der Waals surface area contributed by atoms with Gasteiger partial charge in [-0.2, -0.15) is 0 Å². The first-order chi connectivity index (χ1) is 6.34. The fraction of sp³-hybridized carbons (Fsp3) is 0.667. The van der Waals surface area contributed by atoms with Crippen molar-refractivity contribution in [1.82, 2.24) is 0 Å². The van der Waals surface area contributed by atoms with Gasteiger partial charge in [0, 0.05) is 0 Å². The number of allylic oxidation sites excluding steroid dienone is 2. The van der Waals surface area contributed by atoms with Crippen molar-refractivity contribution in [2.45, 2.75) is 51.6 Å².